The van der Waals surface area contributed by atoms with Crippen LogP contribution in [0.3, 0.4) is 0 Å². The fourth-order valence-electron chi connectivity index (χ4n) is 1.86. The van der Waals surface area contributed by atoms with Crippen LogP contribution < -0.4 is 10.5 Å². The molecule has 114 valence electrons. The van der Waals surface area contributed by atoms with Crippen LogP contribution in [0, 0.1) is 0 Å². The van der Waals surface area contributed by atoms with Gasteiger partial charge in [-0.15, -0.1) is 0 Å². The van der Waals surface area contributed by atoms with E-state index < -0.39 is 10.0 Å². The normalized spacial score (nSPS) is 12.3. The summed E-state index contributed by atoms with van der Waals surface area (Å²) < 4.78 is 26.7. The Morgan fingerprint density at radius 2 is 2.00 bits per heavy atom. The zero-order valence-electron chi connectivity index (χ0n) is 12.3. The lowest BCUT2D eigenvalue weighted by Gasteiger charge is -2.14. The lowest BCUT2D eigenvalue weighted by molar-refractivity contribution is 0.567. The molecule has 7 heteroatoms. The Morgan fingerprint density at radius 3 is 2.57 bits per heavy atom. The Hall–Kier alpha value is -2.02. The quantitative estimate of drug-likeness (QED) is 0.754. The number of nitrogen functional groups attached to an aromatic ring is 1. The van der Waals surface area contributed by atoms with E-state index in [4.69, 9.17) is 5.73 Å². The monoisotopic (exact) mass is 308 g/mol. The first-order valence-electron chi connectivity index (χ1n) is 6.56. The number of benzene rings is 1. The summed E-state index contributed by atoms with van der Waals surface area (Å²) in [5, 5.41) is 6.83. The number of nitrogens with zero attached hydrogens (tertiary/aromatic N) is 1. The predicted molar refractivity (Wildman–Crippen MR) is 84.4 cm³/mol. The number of H-pyrrole nitrogens is 1. The number of sulfonamides is 1. The molecule has 0 aliphatic rings. The van der Waals surface area contributed by atoms with E-state index in [9.17, 15) is 8.42 Å². The minimum Gasteiger partial charge on any atom is -0.399 e. The van der Waals surface area contributed by atoms with Gasteiger partial charge in [-0.3, -0.25) is 9.82 Å². The van der Waals surface area contributed by atoms with E-state index in [1.54, 1.807) is 30.3 Å². The smallest absolute Gasteiger partial charge is 0.238 e. The number of rotatable bonds is 4. The van der Waals surface area contributed by atoms with Crippen LogP contribution in [0.2, 0.25) is 0 Å². The fourth-order valence-corrected chi connectivity index (χ4v) is 2.97. The number of nitrogens with two attached hydrogens (primary N) is 1. The van der Waals surface area contributed by atoms with Gasteiger partial charge < -0.3 is 5.73 Å². The van der Waals surface area contributed by atoms with E-state index in [-0.39, 0.29) is 11.2 Å². The fraction of sp³-hybridized carbons (Fsp3) is 0.357. The maximum atomic E-state index is 12.1. The highest BCUT2D eigenvalue weighted by Crippen LogP contribution is 2.22. The van der Waals surface area contributed by atoms with E-state index in [2.05, 4.69) is 14.9 Å². The van der Waals surface area contributed by atoms with Gasteiger partial charge in [0, 0.05) is 22.9 Å². The van der Waals surface area contributed by atoms with Crippen LogP contribution in [0.1, 0.15) is 32.0 Å². The average molecular weight is 308 g/mol. The van der Waals surface area contributed by atoms with Crippen molar-refractivity contribution in [1.29, 1.82) is 0 Å². The van der Waals surface area contributed by atoms with Crippen molar-refractivity contribution in [2.45, 2.75) is 31.9 Å². The van der Waals surface area contributed by atoms with Gasteiger partial charge in [0.2, 0.25) is 10.0 Å². The van der Waals surface area contributed by atoms with Crippen molar-refractivity contribution in [3.05, 3.63) is 41.6 Å². The molecule has 0 atom stereocenters. The molecular weight excluding hydrogens is 288 g/mol. The Kier molecular flexibility index (Phi) is 3.95. The predicted octanol–water partition coefficient (Wildman–Crippen LogP) is 2.23. The van der Waals surface area contributed by atoms with Gasteiger partial charge in [-0.25, -0.2) is 8.42 Å². The molecule has 0 bridgehead atoms. The van der Waals surface area contributed by atoms with Crippen LogP contribution in [0.25, 0.3) is 0 Å². The summed E-state index contributed by atoms with van der Waals surface area (Å²) >= 11 is 0. The topological polar surface area (TPSA) is 101 Å². The van der Waals surface area contributed by atoms with E-state index in [0.29, 0.717) is 17.1 Å². The summed E-state index contributed by atoms with van der Waals surface area (Å²) in [6.45, 7) is 6.06. The van der Waals surface area contributed by atoms with Crippen LogP contribution in [0.15, 0.2) is 30.3 Å². The van der Waals surface area contributed by atoms with Crippen LogP contribution in [-0.4, -0.2) is 18.6 Å². The molecule has 0 saturated heterocycles. The first kappa shape index (κ1) is 15.4. The first-order chi connectivity index (χ1) is 9.66. The zero-order chi connectivity index (χ0) is 15.7. The second kappa shape index (κ2) is 5.40. The van der Waals surface area contributed by atoms with Crippen molar-refractivity contribution in [3.63, 3.8) is 0 Å². The van der Waals surface area contributed by atoms with E-state index in [1.807, 2.05) is 20.8 Å². The molecule has 0 aliphatic heterocycles. The molecule has 0 aliphatic carbocycles. The molecule has 0 fully saturated rings. The summed E-state index contributed by atoms with van der Waals surface area (Å²) in [7, 11) is -3.52. The molecule has 0 radical (unpaired) electrons. The minimum atomic E-state index is -3.52. The molecule has 1 aromatic heterocycles. The molecule has 0 amide bonds. The Morgan fingerprint density at radius 1 is 1.29 bits per heavy atom. The Labute approximate surface area is 124 Å². The molecule has 0 spiro atoms. The van der Waals surface area contributed by atoms with E-state index in [0.717, 1.165) is 5.69 Å². The number of nitrogens with one attached hydrogen (secondary N) is 2. The van der Waals surface area contributed by atoms with Gasteiger partial charge in [0.15, 0.2) is 5.82 Å². The molecule has 1 aromatic carbocycles. The standard InChI is InChI=1S/C14H20N4O2S/c1-14(2,3)12-8-13(17-16-12)18-21(19,20)9-10-5-4-6-11(15)7-10/h4-8H,9,15H2,1-3H3,(H2,16,17,18). The maximum absolute atomic E-state index is 12.1. The molecule has 0 saturated carbocycles. The van der Waals surface area contributed by atoms with Gasteiger partial charge >= 0.3 is 0 Å². The molecule has 2 aromatic rings. The number of hydrogen-bond acceptors (Lipinski definition) is 4. The summed E-state index contributed by atoms with van der Waals surface area (Å²) in [6.07, 6.45) is 0. The highest BCUT2D eigenvalue weighted by Gasteiger charge is 2.19. The molecule has 1 heterocycles. The van der Waals surface area contributed by atoms with Gasteiger partial charge in [0.25, 0.3) is 0 Å². The summed E-state index contributed by atoms with van der Waals surface area (Å²) in [5.74, 6) is 0.152. The second-order valence-electron chi connectivity index (χ2n) is 6.02. The molecule has 0 unspecified atom stereocenters. The SMILES string of the molecule is CC(C)(C)c1cc(NS(=O)(=O)Cc2cccc(N)c2)n[nH]1. The Bertz CT molecular complexity index is 729. The first-order valence-corrected chi connectivity index (χ1v) is 8.22. The van der Waals surface area contributed by atoms with Crippen molar-refractivity contribution in [2.75, 3.05) is 10.5 Å². The lowest BCUT2D eigenvalue weighted by atomic mass is 9.92. The van der Waals surface area contributed by atoms with E-state index in [1.165, 1.54) is 0 Å². The summed E-state index contributed by atoms with van der Waals surface area (Å²) in [5.41, 5.74) is 7.57. The number of aromatic nitrogens is 2. The third kappa shape index (κ3) is 4.22. The van der Waals surface area contributed by atoms with Crippen LogP contribution in [0.4, 0.5) is 11.5 Å². The van der Waals surface area contributed by atoms with Crippen LogP contribution in [-0.2, 0) is 21.2 Å². The zero-order valence-corrected chi connectivity index (χ0v) is 13.2. The van der Waals surface area contributed by atoms with Crippen molar-refractivity contribution in [2.24, 2.45) is 0 Å². The Balaban J connectivity index is 2.13. The maximum Gasteiger partial charge on any atom is 0.238 e. The van der Waals surface area contributed by atoms with Crippen molar-refractivity contribution in [1.82, 2.24) is 10.2 Å². The summed E-state index contributed by atoms with van der Waals surface area (Å²) in [6, 6.07) is 8.52. The molecular formula is C14H20N4O2S. The minimum absolute atomic E-state index is 0.120. The highest BCUT2D eigenvalue weighted by atomic mass is 32.2. The van der Waals surface area contributed by atoms with E-state index >= 15 is 0 Å². The molecule has 6 nitrogen and oxygen atoms in total. The van der Waals surface area contributed by atoms with Crippen LogP contribution >= 0.6 is 0 Å². The van der Waals surface area contributed by atoms with Gasteiger partial charge in [0.1, 0.15) is 0 Å². The lowest BCUT2D eigenvalue weighted by Crippen LogP contribution is -2.15. The number of anilines is 2. The molecule has 21 heavy (non-hydrogen) atoms. The largest absolute Gasteiger partial charge is 0.399 e. The van der Waals surface area contributed by atoms with Gasteiger partial charge in [0.05, 0.1) is 5.75 Å². The second-order valence-corrected chi connectivity index (χ2v) is 7.75. The summed E-state index contributed by atoms with van der Waals surface area (Å²) in [4.78, 5) is 0. The third-order valence-electron chi connectivity index (χ3n) is 2.95. The van der Waals surface area contributed by atoms with Gasteiger partial charge in [-0.2, -0.15) is 5.10 Å². The molecule has 4 N–H and O–H groups in total. The van der Waals surface area contributed by atoms with Gasteiger partial charge in [-0.05, 0) is 17.7 Å². The molecule has 2 rings (SSSR count). The van der Waals surface area contributed by atoms with Crippen molar-refractivity contribution < 1.29 is 8.42 Å². The van der Waals surface area contributed by atoms with Crippen molar-refractivity contribution in [3.8, 4) is 0 Å². The third-order valence-corrected chi connectivity index (χ3v) is 4.19. The highest BCUT2D eigenvalue weighted by molar-refractivity contribution is 7.91. The van der Waals surface area contributed by atoms with Crippen LogP contribution in [0.5, 0.6) is 0 Å². The van der Waals surface area contributed by atoms with Gasteiger partial charge in [-0.1, -0.05) is 32.9 Å². The number of aromatic amines is 1. The van der Waals surface area contributed by atoms with Crippen molar-refractivity contribution >= 4 is 21.5 Å². The average Bonchev–Trinajstić information content (AvgIpc) is 2.75. The number of hydrogen-bond donors (Lipinski definition) is 3.